The number of aromatic nitrogens is 1. The van der Waals surface area contributed by atoms with E-state index in [9.17, 15) is 0 Å². The zero-order valence-electron chi connectivity index (χ0n) is 8.13. The highest BCUT2D eigenvalue weighted by atomic mass is 35.5. The fourth-order valence-electron chi connectivity index (χ4n) is 1.32. The van der Waals surface area contributed by atoms with Crippen molar-refractivity contribution in [3.8, 4) is 11.3 Å². The van der Waals surface area contributed by atoms with E-state index in [0.29, 0.717) is 16.7 Å². The lowest BCUT2D eigenvalue weighted by Crippen LogP contribution is -1.78. The van der Waals surface area contributed by atoms with Crippen LogP contribution in [0.25, 0.3) is 11.3 Å². The van der Waals surface area contributed by atoms with E-state index in [1.54, 1.807) is 6.20 Å². The molecule has 0 N–H and O–H groups in total. The average molecular weight is 242 g/mol. The second kappa shape index (κ2) is 4.25. The summed E-state index contributed by atoms with van der Waals surface area (Å²) in [5, 5.41) is 0.660. The third-order valence-corrected chi connectivity index (χ3v) is 2.60. The first-order valence-electron chi connectivity index (χ1n) is 4.48. The summed E-state index contributed by atoms with van der Waals surface area (Å²) in [5.41, 5.74) is 1.95. The van der Waals surface area contributed by atoms with Crippen LogP contribution in [0.2, 0.25) is 5.02 Å². The predicted octanol–water partition coefficient (Wildman–Crippen LogP) is 4.04. The molecule has 0 fully saturated rings. The number of rotatable bonds is 2. The maximum atomic E-state index is 6.10. The van der Waals surface area contributed by atoms with Gasteiger partial charge in [-0.3, -0.25) is 0 Å². The van der Waals surface area contributed by atoms with E-state index in [0.717, 1.165) is 11.1 Å². The van der Waals surface area contributed by atoms with Gasteiger partial charge in [-0.1, -0.05) is 17.7 Å². The number of benzene rings is 1. The van der Waals surface area contributed by atoms with Gasteiger partial charge in [0, 0.05) is 5.56 Å². The molecule has 78 valence electrons. The summed E-state index contributed by atoms with van der Waals surface area (Å²) >= 11 is 11.7. The van der Waals surface area contributed by atoms with Gasteiger partial charge in [-0.05, 0) is 24.6 Å². The Balaban J connectivity index is 2.44. The van der Waals surface area contributed by atoms with Crippen molar-refractivity contribution in [1.82, 2.24) is 4.98 Å². The van der Waals surface area contributed by atoms with Gasteiger partial charge in [0.2, 0.25) is 5.89 Å². The topological polar surface area (TPSA) is 26.0 Å². The number of hydrogen-bond acceptors (Lipinski definition) is 2. The summed E-state index contributed by atoms with van der Waals surface area (Å²) < 4.78 is 5.41. The van der Waals surface area contributed by atoms with E-state index >= 15 is 0 Å². The first kappa shape index (κ1) is 10.5. The number of alkyl halides is 1. The monoisotopic (exact) mass is 241 g/mol. The van der Waals surface area contributed by atoms with E-state index in [-0.39, 0.29) is 5.88 Å². The molecule has 2 aromatic rings. The minimum atomic E-state index is 0.267. The third kappa shape index (κ3) is 2.16. The van der Waals surface area contributed by atoms with Crippen LogP contribution in [-0.4, -0.2) is 4.98 Å². The zero-order valence-corrected chi connectivity index (χ0v) is 9.64. The van der Waals surface area contributed by atoms with Gasteiger partial charge in [-0.25, -0.2) is 4.98 Å². The molecule has 0 atom stereocenters. The summed E-state index contributed by atoms with van der Waals surface area (Å²) in [7, 11) is 0. The largest absolute Gasteiger partial charge is 0.439 e. The molecule has 0 saturated heterocycles. The molecular formula is C11H9Cl2NO. The van der Waals surface area contributed by atoms with Crippen LogP contribution in [0, 0.1) is 6.92 Å². The van der Waals surface area contributed by atoms with Crippen LogP contribution in [0.5, 0.6) is 0 Å². The van der Waals surface area contributed by atoms with Crippen LogP contribution in [0.4, 0.5) is 0 Å². The maximum Gasteiger partial charge on any atom is 0.209 e. The molecule has 0 bridgehead atoms. The number of hydrogen-bond donors (Lipinski definition) is 0. The van der Waals surface area contributed by atoms with Crippen molar-refractivity contribution in [1.29, 1.82) is 0 Å². The summed E-state index contributed by atoms with van der Waals surface area (Å²) in [6.45, 7) is 1.99. The highest BCUT2D eigenvalue weighted by molar-refractivity contribution is 6.33. The summed E-state index contributed by atoms with van der Waals surface area (Å²) in [6.07, 6.45) is 1.63. The lowest BCUT2D eigenvalue weighted by atomic mass is 10.1. The quantitative estimate of drug-likeness (QED) is 0.742. The smallest absolute Gasteiger partial charge is 0.209 e. The first-order chi connectivity index (χ1) is 7.20. The van der Waals surface area contributed by atoms with E-state index < -0.39 is 0 Å². The Morgan fingerprint density at radius 3 is 2.80 bits per heavy atom. The van der Waals surface area contributed by atoms with Gasteiger partial charge < -0.3 is 4.42 Å². The molecule has 1 heterocycles. The van der Waals surface area contributed by atoms with Crippen LogP contribution in [0.3, 0.4) is 0 Å². The Bertz CT molecular complexity index is 479. The van der Waals surface area contributed by atoms with Gasteiger partial charge >= 0.3 is 0 Å². The number of nitrogens with zero attached hydrogens (tertiary/aromatic N) is 1. The van der Waals surface area contributed by atoms with Gasteiger partial charge in [-0.15, -0.1) is 11.6 Å². The normalized spacial score (nSPS) is 10.6. The molecule has 0 aliphatic heterocycles. The summed E-state index contributed by atoms with van der Waals surface area (Å²) in [6, 6.07) is 5.78. The summed E-state index contributed by atoms with van der Waals surface area (Å²) in [4.78, 5) is 4.02. The molecule has 4 heteroatoms. The minimum absolute atomic E-state index is 0.267. The molecule has 0 aliphatic rings. The van der Waals surface area contributed by atoms with Crippen molar-refractivity contribution < 1.29 is 4.42 Å². The lowest BCUT2D eigenvalue weighted by molar-refractivity contribution is 0.529. The Hall–Kier alpha value is -0.990. The molecule has 15 heavy (non-hydrogen) atoms. The van der Waals surface area contributed by atoms with Crippen LogP contribution < -0.4 is 0 Å². The van der Waals surface area contributed by atoms with Crippen LogP contribution in [-0.2, 0) is 5.88 Å². The first-order valence-corrected chi connectivity index (χ1v) is 5.39. The maximum absolute atomic E-state index is 6.10. The molecule has 1 aromatic heterocycles. The summed E-state index contributed by atoms with van der Waals surface area (Å²) in [5.74, 6) is 1.42. The molecule has 0 unspecified atom stereocenters. The van der Waals surface area contributed by atoms with Crippen molar-refractivity contribution in [2.75, 3.05) is 0 Å². The third-order valence-electron chi connectivity index (χ3n) is 2.06. The van der Waals surface area contributed by atoms with Crippen molar-refractivity contribution in [3.63, 3.8) is 0 Å². The molecule has 0 saturated carbocycles. The Morgan fingerprint density at radius 2 is 2.20 bits per heavy atom. The standard InChI is InChI=1S/C11H9Cl2NO/c1-7-2-3-8(9(13)4-7)10-6-14-11(5-12)15-10/h2-4,6H,5H2,1H3. The van der Waals surface area contributed by atoms with Crippen LogP contribution in [0.1, 0.15) is 11.5 Å². The van der Waals surface area contributed by atoms with Gasteiger partial charge in [0.05, 0.1) is 17.1 Å². The molecule has 0 radical (unpaired) electrons. The van der Waals surface area contributed by atoms with E-state index in [1.165, 1.54) is 0 Å². The van der Waals surface area contributed by atoms with E-state index in [4.69, 9.17) is 27.6 Å². The molecule has 2 nitrogen and oxygen atoms in total. The second-order valence-electron chi connectivity index (χ2n) is 3.24. The van der Waals surface area contributed by atoms with Crippen molar-refractivity contribution in [3.05, 3.63) is 40.9 Å². The van der Waals surface area contributed by atoms with Crippen LogP contribution >= 0.6 is 23.2 Å². The lowest BCUT2D eigenvalue weighted by Gasteiger charge is -2.00. The van der Waals surface area contributed by atoms with Crippen LogP contribution in [0.15, 0.2) is 28.8 Å². The van der Waals surface area contributed by atoms with Gasteiger partial charge in [0.1, 0.15) is 0 Å². The van der Waals surface area contributed by atoms with Gasteiger partial charge in [-0.2, -0.15) is 0 Å². The molecule has 0 spiro atoms. The Labute approximate surface area is 97.8 Å². The number of halogens is 2. The average Bonchev–Trinajstić information content (AvgIpc) is 2.66. The number of oxazole rings is 1. The minimum Gasteiger partial charge on any atom is -0.439 e. The highest BCUT2D eigenvalue weighted by Crippen LogP contribution is 2.29. The SMILES string of the molecule is Cc1ccc(-c2cnc(CCl)o2)c(Cl)c1. The predicted molar refractivity (Wildman–Crippen MR) is 61.2 cm³/mol. The van der Waals surface area contributed by atoms with Crippen molar-refractivity contribution in [2.24, 2.45) is 0 Å². The highest BCUT2D eigenvalue weighted by Gasteiger charge is 2.09. The Morgan fingerprint density at radius 1 is 1.40 bits per heavy atom. The van der Waals surface area contributed by atoms with Gasteiger partial charge in [0.15, 0.2) is 5.76 Å². The number of aryl methyl sites for hydroxylation is 1. The molecular weight excluding hydrogens is 233 g/mol. The molecule has 0 amide bonds. The zero-order chi connectivity index (χ0) is 10.8. The van der Waals surface area contributed by atoms with Crippen molar-refractivity contribution in [2.45, 2.75) is 12.8 Å². The molecule has 2 rings (SSSR count). The Kier molecular flexibility index (Phi) is 2.98. The van der Waals surface area contributed by atoms with E-state index in [1.807, 2.05) is 25.1 Å². The van der Waals surface area contributed by atoms with Crippen molar-refractivity contribution >= 4 is 23.2 Å². The fraction of sp³-hybridized carbons (Fsp3) is 0.182. The molecule has 1 aromatic carbocycles. The fourth-order valence-corrected chi connectivity index (χ4v) is 1.77. The van der Waals surface area contributed by atoms with Gasteiger partial charge in [0.25, 0.3) is 0 Å². The molecule has 0 aliphatic carbocycles. The van der Waals surface area contributed by atoms with E-state index in [2.05, 4.69) is 4.98 Å². The second-order valence-corrected chi connectivity index (χ2v) is 3.91.